The second-order valence-corrected chi connectivity index (χ2v) is 8.01. The summed E-state index contributed by atoms with van der Waals surface area (Å²) in [5, 5.41) is 7.36. The average molecular weight is 351 g/mol. The quantitative estimate of drug-likeness (QED) is 0.711. The first-order valence-electron chi connectivity index (χ1n) is 6.42. The first kappa shape index (κ1) is 15.0. The number of hydrogen-bond donors (Lipinski definition) is 2. The van der Waals surface area contributed by atoms with Crippen molar-refractivity contribution < 1.29 is 8.42 Å². The van der Waals surface area contributed by atoms with Crippen LogP contribution in [0, 0.1) is 0 Å². The number of sulfonamides is 1. The van der Waals surface area contributed by atoms with Crippen LogP contribution in [0.1, 0.15) is 4.88 Å². The summed E-state index contributed by atoms with van der Waals surface area (Å²) in [4.78, 5) is 5.36. The number of nitrogens with one attached hydrogen (secondary N) is 2. The van der Waals surface area contributed by atoms with E-state index in [0.717, 1.165) is 12.2 Å². The normalized spacial score (nSPS) is 11.3. The first-order valence-corrected chi connectivity index (χ1v) is 9.66. The molecular formula is C14H13N3O2S3. The summed E-state index contributed by atoms with van der Waals surface area (Å²) in [5.41, 5.74) is 0.876. The van der Waals surface area contributed by atoms with E-state index in [1.165, 1.54) is 16.2 Å². The molecular weight excluding hydrogens is 338 g/mol. The van der Waals surface area contributed by atoms with Gasteiger partial charge >= 0.3 is 0 Å². The molecule has 0 bridgehead atoms. The molecule has 0 fully saturated rings. The Labute approximate surface area is 136 Å². The van der Waals surface area contributed by atoms with Gasteiger partial charge in [-0.05, 0) is 35.7 Å². The van der Waals surface area contributed by atoms with Gasteiger partial charge in [-0.2, -0.15) is 0 Å². The Morgan fingerprint density at radius 2 is 1.86 bits per heavy atom. The molecule has 0 amide bonds. The minimum atomic E-state index is -3.59. The van der Waals surface area contributed by atoms with E-state index in [1.54, 1.807) is 47.2 Å². The molecule has 22 heavy (non-hydrogen) atoms. The summed E-state index contributed by atoms with van der Waals surface area (Å²) in [6, 6.07) is 10.7. The third-order valence-corrected chi connectivity index (χ3v) is 5.91. The van der Waals surface area contributed by atoms with E-state index < -0.39 is 10.0 Å². The third-order valence-electron chi connectivity index (χ3n) is 2.87. The van der Waals surface area contributed by atoms with Gasteiger partial charge in [-0.25, -0.2) is 13.4 Å². The number of rotatable bonds is 6. The number of aromatic nitrogens is 1. The van der Waals surface area contributed by atoms with Gasteiger partial charge in [0.2, 0.25) is 0 Å². The maximum absolute atomic E-state index is 12.2. The Morgan fingerprint density at radius 3 is 2.50 bits per heavy atom. The SMILES string of the molecule is O=S(=O)(Nc1nccs1)c1ccc(NCc2cccs2)cc1. The van der Waals surface area contributed by atoms with E-state index in [4.69, 9.17) is 0 Å². The second kappa shape index (κ2) is 6.47. The highest BCUT2D eigenvalue weighted by atomic mass is 32.2. The molecule has 0 spiro atoms. The van der Waals surface area contributed by atoms with Crippen molar-refractivity contribution in [2.24, 2.45) is 0 Å². The standard InChI is InChI=1S/C14H13N3O2S3/c18-22(19,17-14-15-7-9-21-14)13-5-3-11(4-6-13)16-10-12-2-1-8-20-12/h1-9,16H,10H2,(H,15,17). The van der Waals surface area contributed by atoms with Crippen molar-refractivity contribution >= 4 is 43.5 Å². The molecule has 0 radical (unpaired) electrons. The van der Waals surface area contributed by atoms with Crippen LogP contribution in [0.3, 0.4) is 0 Å². The highest BCUT2D eigenvalue weighted by Crippen LogP contribution is 2.20. The topological polar surface area (TPSA) is 71.1 Å². The summed E-state index contributed by atoms with van der Waals surface area (Å²) < 4.78 is 26.8. The van der Waals surface area contributed by atoms with Gasteiger partial charge in [0.05, 0.1) is 4.90 Å². The molecule has 0 atom stereocenters. The number of nitrogens with zero attached hydrogens (tertiary/aromatic N) is 1. The first-order chi connectivity index (χ1) is 10.6. The van der Waals surface area contributed by atoms with Gasteiger partial charge in [-0.1, -0.05) is 6.07 Å². The van der Waals surface area contributed by atoms with Crippen LogP contribution < -0.4 is 10.0 Å². The minimum absolute atomic E-state index is 0.212. The number of benzene rings is 1. The highest BCUT2D eigenvalue weighted by molar-refractivity contribution is 7.93. The number of anilines is 2. The van der Waals surface area contributed by atoms with Gasteiger partial charge < -0.3 is 5.32 Å². The maximum Gasteiger partial charge on any atom is 0.263 e. The predicted octanol–water partition coefficient (Wildman–Crippen LogP) is 3.62. The predicted molar refractivity (Wildman–Crippen MR) is 91.0 cm³/mol. The van der Waals surface area contributed by atoms with Crippen molar-refractivity contribution in [1.82, 2.24) is 4.98 Å². The van der Waals surface area contributed by atoms with Crippen molar-refractivity contribution in [1.29, 1.82) is 0 Å². The molecule has 2 aromatic heterocycles. The van der Waals surface area contributed by atoms with E-state index in [1.807, 2.05) is 11.4 Å². The van der Waals surface area contributed by atoms with Crippen LogP contribution in [0.15, 0.2) is 58.3 Å². The zero-order chi connectivity index (χ0) is 15.4. The second-order valence-electron chi connectivity index (χ2n) is 4.40. The van der Waals surface area contributed by atoms with Crippen LogP contribution in [0.4, 0.5) is 10.8 Å². The Morgan fingerprint density at radius 1 is 1.05 bits per heavy atom. The lowest BCUT2D eigenvalue weighted by Crippen LogP contribution is -2.12. The van der Waals surface area contributed by atoms with Crippen molar-refractivity contribution in [2.45, 2.75) is 11.4 Å². The van der Waals surface area contributed by atoms with Crippen molar-refractivity contribution in [2.75, 3.05) is 10.0 Å². The zero-order valence-electron chi connectivity index (χ0n) is 11.4. The van der Waals surface area contributed by atoms with Gasteiger partial charge in [0.15, 0.2) is 5.13 Å². The van der Waals surface area contributed by atoms with Gasteiger partial charge in [0, 0.05) is 28.7 Å². The molecule has 0 aliphatic rings. The Hall–Kier alpha value is -1.90. The molecule has 3 rings (SSSR count). The molecule has 0 saturated heterocycles. The third kappa shape index (κ3) is 3.65. The Bertz CT molecular complexity index is 811. The fourth-order valence-corrected chi connectivity index (χ4v) is 4.24. The molecule has 8 heteroatoms. The summed E-state index contributed by atoms with van der Waals surface area (Å²) in [6.45, 7) is 0.723. The van der Waals surface area contributed by atoms with Crippen LogP contribution in [0.2, 0.25) is 0 Å². The largest absolute Gasteiger partial charge is 0.380 e. The van der Waals surface area contributed by atoms with E-state index in [0.29, 0.717) is 5.13 Å². The fraction of sp³-hybridized carbons (Fsp3) is 0.0714. The molecule has 114 valence electrons. The molecule has 0 unspecified atom stereocenters. The summed E-state index contributed by atoms with van der Waals surface area (Å²) in [5.74, 6) is 0. The molecule has 5 nitrogen and oxygen atoms in total. The van der Waals surface area contributed by atoms with Crippen LogP contribution in [-0.4, -0.2) is 13.4 Å². The lowest BCUT2D eigenvalue weighted by molar-refractivity contribution is 0.601. The molecule has 0 aliphatic carbocycles. The molecule has 1 aromatic carbocycles. The summed E-state index contributed by atoms with van der Waals surface area (Å²) in [7, 11) is -3.59. The highest BCUT2D eigenvalue weighted by Gasteiger charge is 2.15. The van der Waals surface area contributed by atoms with Crippen LogP contribution in [-0.2, 0) is 16.6 Å². The van der Waals surface area contributed by atoms with Crippen LogP contribution in [0.5, 0.6) is 0 Å². The number of thiophene rings is 1. The van der Waals surface area contributed by atoms with Crippen LogP contribution >= 0.6 is 22.7 Å². The number of thiazole rings is 1. The van der Waals surface area contributed by atoms with E-state index in [9.17, 15) is 8.42 Å². The summed E-state index contributed by atoms with van der Waals surface area (Å²) >= 11 is 2.92. The molecule has 2 heterocycles. The van der Waals surface area contributed by atoms with E-state index >= 15 is 0 Å². The van der Waals surface area contributed by atoms with Crippen LogP contribution in [0.25, 0.3) is 0 Å². The van der Waals surface area contributed by atoms with E-state index in [2.05, 4.69) is 21.1 Å². The molecule has 3 aromatic rings. The van der Waals surface area contributed by atoms with E-state index in [-0.39, 0.29) is 4.90 Å². The van der Waals surface area contributed by atoms with Gasteiger partial charge in [0.25, 0.3) is 10.0 Å². The van der Waals surface area contributed by atoms with Crippen molar-refractivity contribution in [3.8, 4) is 0 Å². The average Bonchev–Trinajstić information content (AvgIpc) is 3.18. The molecule has 0 saturated carbocycles. The zero-order valence-corrected chi connectivity index (χ0v) is 13.8. The van der Waals surface area contributed by atoms with Crippen molar-refractivity contribution in [3.05, 3.63) is 58.2 Å². The molecule has 2 N–H and O–H groups in total. The Balaban J connectivity index is 1.68. The summed E-state index contributed by atoms with van der Waals surface area (Å²) in [6.07, 6.45) is 1.56. The van der Waals surface area contributed by atoms with Gasteiger partial charge in [0.1, 0.15) is 0 Å². The minimum Gasteiger partial charge on any atom is -0.380 e. The smallest absolute Gasteiger partial charge is 0.263 e. The number of hydrogen-bond acceptors (Lipinski definition) is 6. The van der Waals surface area contributed by atoms with Gasteiger partial charge in [-0.15, -0.1) is 22.7 Å². The van der Waals surface area contributed by atoms with Gasteiger partial charge in [-0.3, -0.25) is 4.72 Å². The lowest BCUT2D eigenvalue weighted by atomic mass is 10.3. The maximum atomic E-state index is 12.2. The van der Waals surface area contributed by atoms with Crippen molar-refractivity contribution in [3.63, 3.8) is 0 Å². The molecule has 0 aliphatic heterocycles. The fourth-order valence-electron chi connectivity index (χ4n) is 1.80. The lowest BCUT2D eigenvalue weighted by Gasteiger charge is -2.08. The monoisotopic (exact) mass is 351 g/mol. The Kier molecular flexibility index (Phi) is 4.41.